The number of alkyl halides is 3. The zero-order valence-electron chi connectivity index (χ0n) is 17.7. The highest BCUT2D eigenvalue weighted by Gasteiger charge is 2.38. The fourth-order valence-electron chi connectivity index (χ4n) is 2.56. The number of nitrogens with one attached hydrogen (secondary N) is 1. The Morgan fingerprint density at radius 3 is 2.62 bits per heavy atom. The molecule has 2 heterocycles. The van der Waals surface area contributed by atoms with Crippen LogP contribution < -0.4 is 15.8 Å². The van der Waals surface area contributed by atoms with Crippen molar-refractivity contribution in [2.75, 3.05) is 26.2 Å². The molecule has 3 rings (SSSR count). The summed E-state index contributed by atoms with van der Waals surface area (Å²) in [4.78, 5) is 42.1. The van der Waals surface area contributed by atoms with Crippen molar-refractivity contribution in [3.8, 4) is 5.88 Å². The smallest absolute Gasteiger partial charge is 0.475 e. The molecular weight excluding hydrogens is 463 g/mol. The number of aliphatic carboxylic acids is 1. The summed E-state index contributed by atoms with van der Waals surface area (Å²) in [6.45, 7) is 2.30. The molecule has 0 unspecified atom stereocenters. The standard InChI is InChI=1S/C18H21N5O4.C2HF3O2/c19-10-15-9-16(22-12-21-15)27-11-13-2-1-3-14(8-13)17(24)20-4-5-23-6-7-26-18(23)25;3-2(4,5)1(6)7/h1-3,8-9,12H,4-7,10-11,19H2,(H,20,24);(H,6,7). The predicted molar refractivity (Wildman–Crippen MR) is 110 cm³/mol. The van der Waals surface area contributed by atoms with Crippen LogP contribution in [0.5, 0.6) is 5.88 Å². The van der Waals surface area contributed by atoms with Gasteiger partial charge in [0.25, 0.3) is 5.91 Å². The van der Waals surface area contributed by atoms with Gasteiger partial charge in [0.1, 0.15) is 19.5 Å². The van der Waals surface area contributed by atoms with E-state index in [1.54, 1.807) is 29.2 Å². The Bertz CT molecular complexity index is 1000. The third kappa shape index (κ3) is 8.54. The third-order valence-electron chi connectivity index (χ3n) is 4.24. The summed E-state index contributed by atoms with van der Waals surface area (Å²) < 4.78 is 42.2. The zero-order valence-corrected chi connectivity index (χ0v) is 17.7. The summed E-state index contributed by atoms with van der Waals surface area (Å²) >= 11 is 0. The molecule has 0 aliphatic carbocycles. The van der Waals surface area contributed by atoms with E-state index in [1.807, 2.05) is 6.07 Å². The Kier molecular flexibility index (Phi) is 9.55. The summed E-state index contributed by atoms with van der Waals surface area (Å²) in [5, 5.41) is 9.92. The maximum atomic E-state index is 12.3. The Hall–Kier alpha value is -3.94. The van der Waals surface area contributed by atoms with Gasteiger partial charge in [0.2, 0.25) is 5.88 Å². The first-order chi connectivity index (χ1) is 16.1. The van der Waals surface area contributed by atoms with Gasteiger partial charge in [-0.3, -0.25) is 4.79 Å². The molecule has 1 aromatic heterocycles. The van der Waals surface area contributed by atoms with Gasteiger partial charge in [-0.15, -0.1) is 0 Å². The minimum atomic E-state index is -5.08. The number of carbonyl (C=O) groups is 3. The first-order valence-electron chi connectivity index (χ1n) is 9.83. The quantitative estimate of drug-likeness (QED) is 0.502. The van der Waals surface area contributed by atoms with Crippen LogP contribution in [-0.4, -0.2) is 70.4 Å². The lowest BCUT2D eigenvalue weighted by atomic mass is 10.1. The van der Waals surface area contributed by atoms with Crippen LogP contribution >= 0.6 is 0 Å². The number of aromatic nitrogens is 2. The van der Waals surface area contributed by atoms with Gasteiger partial charge >= 0.3 is 18.2 Å². The normalized spacial score (nSPS) is 12.9. The first kappa shape index (κ1) is 26.3. The zero-order chi connectivity index (χ0) is 25.1. The third-order valence-corrected chi connectivity index (χ3v) is 4.24. The van der Waals surface area contributed by atoms with Crippen LogP contribution in [0, 0.1) is 0 Å². The number of halogens is 3. The largest absolute Gasteiger partial charge is 0.490 e. The molecule has 1 aromatic carbocycles. The van der Waals surface area contributed by atoms with Crippen LogP contribution in [0.3, 0.4) is 0 Å². The highest BCUT2D eigenvalue weighted by molar-refractivity contribution is 5.94. The second kappa shape index (κ2) is 12.3. The van der Waals surface area contributed by atoms with E-state index in [0.717, 1.165) is 5.56 Å². The Morgan fingerprint density at radius 2 is 2.00 bits per heavy atom. The molecule has 184 valence electrons. The number of nitrogens with zero attached hydrogens (tertiary/aromatic N) is 3. The van der Waals surface area contributed by atoms with Crippen LogP contribution in [0.4, 0.5) is 18.0 Å². The Balaban J connectivity index is 0.000000509. The number of ether oxygens (including phenoxy) is 2. The van der Waals surface area contributed by atoms with E-state index in [9.17, 15) is 22.8 Å². The lowest BCUT2D eigenvalue weighted by Crippen LogP contribution is -2.35. The molecule has 2 aromatic rings. The Labute approximate surface area is 191 Å². The van der Waals surface area contributed by atoms with Gasteiger partial charge in [-0.05, 0) is 17.7 Å². The molecule has 4 N–H and O–H groups in total. The lowest BCUT2D eigenvalue weighted by molar-refractivity contribution is -0.192. The van der Waals surface area contributed by atoms with Crippen LogP contribution in [0.25, 0.3) is 0 Å². The van der Waals surface area contributed by atoms with Crippen LogP contribution in [-0.2, 0) is 22.7 Å². The molecule has 0 bridgehead atoms. The number of rotatable bonds is 8. The van der Waals surface area contributed by atoms with Crippen molar-refractivity contribution in [1.82, 2.24) is 20.2 Å². The van der Waals surface area contributed by atoms with Gasteiger partial charge in [-0.2, -0.15) is 13.2 Å². The summed E-state index contributed by atoms with van der Waals surface area (Å²) in [5.41, 5.74) is 7.59. The van der Waals surface area contributed by atoms with Crippen molar-refractivity contribution in [2.24, 2.45) is 5.73 Å². The average Bonchev–Trinajstić information content (AvgIpc) is 3.22. The molecule has 0 saturated carbocycles. The number of benzene rings is 1. The van der Waals surface area contributed by atoms with Gasteiger partial charge in [-0.25, -0.2) is 19.6 Å². The second-order valence-electron chi connectivity index (χ2n) is 6.70. The summed E-state index contributed by atoms with van der Waals surface area (Å²) in [5.74, 6) is -2.54. The van der Waals surface area contributed by atoms with Gasteiger partial charge in [0, 0.05) is 31.3 Å². The van der Waals surface area contributed by atoms with Gasteiger partial charge < -0.3 is 30.5 Å². The molecule has 1 aliphatic rings. The highest BCUT2D eigenvalue weighted by atomic mass is 19.4. The SMILES string of the molecule is NCc1cc(OCc2cccc(C(=O)NCCN3CCOC3=O)c2)ncn1.O=C(O)C(F)(F)F. The maximum absolute atomic E-state index is 12.3. The molecule has 34 heavy (non-hydrogen) atoms. The molecule has 0 radical (unpaired) electrons. The monoisotopic (exact) mass is 485 g/mol. The molecular formula is C20H22F3N5O6. The van der Waals surface area contributed by atoms with E-state index in [2.05, 4.69) is 15.3 Å². The number of carboxylic acid groups (broad SMARTS) is 1. The van der Waals surface area contributed by atoms with Gasteiger partial charge in [-0.1, -0.05) is 12.1 Å². The minimum absolute atomic E-state index is 0.211. The molecule has 11 nitrogen and oxygen atoms in total. The first-order valence-corrected chi connectivity index (χ1v) is 9.83. The van der Waals surface area contributed by atoms with Crippen molar-refractivity contribution < 1.29 is 42.1 Å². The topological polar surface area (TPSA) is 157 Å². The van der Waals surface area contributed by atoms with E-state index in [1.165, 1.54) is 6.33 Å². The van der Waals surface area contributed by atoms with E-state index < -0.39 is 12.1 Å². The van der Waals surface area contributed by atoms with E-state index >= 15 is 0 Å². The predicted octanol–water partition coefficient (Wildman–Crippen LogP) is 1.33. The summed E-state index contributed by atoms with van der Waals surface area (Å²) in [6, 6.07) is 8.81. The number of carboxylic acids is 1. The van der Waals surface area contributed by atoms with E-state index in [0.29, 0.717) is 49.9 Å². The van der Waals surface area contributed by atoms with Crippen LogP contribution in [0.2, 0.25) is 0 Å². The molecule has 1 saturated heterocycles. The maximum Gasteiger partial charge on any atom is 0.490 e. The average molecular weight is 485 g/mol. The molecule has 2 amide bonds. The number of carbonyl (C=O) groups excluding carboxylic acids is 2. The van der Waals surface area contributed by atoms with Crippen molar-refractivity contribution in [3.05, 3.63) is 53.5 Å². The Morgan fingerprint density at radius 1 is 1.26 bits per heavy atom. The van der Waals surface area contributed by atoms with Gasteiger partial charge in [0.15, 0.2) is 0 Å². The number of amides is 2. The van der Waals surface area contributed by atoms with Crippen LogP contribution in [0.1, 0.15) is 21.6 Å². The van der Waals surface area contributed by atoms with E-state index in [4.69, 9.17) is 25.1 Å². The number of nitrogens with two attached hydrogens (primary N) is 1. The molecule has 1 fully saturated rings. The fourth-order valence-corrected chi connectivity index (χ4v) is 2.56. The van der Waals surface area contributed by atoms with Crippen LogP contribution in [0.15, 0.2) is 36.7 Å². The molecule has 0 atom stereocenters. The van der Waals surface area contributed by atoms with Crippen molar-refractivity contribution in [1.29, 1.82) is 0 Å². The highest BCUT2D eigenvalue weighted by Crippen LogP contribution is 2.13. The second-order valence-corrected chi connectivity index (χ2v) is 6.70. The molecule has 1 aliphatic heterocycles. The van der Waals surface area contributed by atoms with Crippen molar-refractivity contribution in [2.45, 2.75) is 19.3 Å². The van der Waals surface area contributed by atoms with Gasteiger partial charge in [0.05, 0.1) is 12.2 Å². The van der Waals surface area contributed by atoms with Crippen molar-refractivity contribution in [3.63, 3.8) is 0 Å². The minimum Gasteiger partial charge on any atom is -0.475 e. The molecule has 0 spiro atoms. The summed E-state index contributed by atoms with van der Waals surface area (Å²) in [6.07, 6.45) is -4.02. The summed E-state index contributed by atoms with van der Waals surface area (Å²) in [7, 11) is 0. The number of hydrogen-bond acceptors (Lipinski definition) is 8. The lowest BCUT2D eigenvalue weighted by Gasteiger charge is -2.13. The number of hydrogen-bond donors (Lipinski definition) is 3. The van der Waals surface area contributed by atoms with E-state index in [-0.39, 0.29) is 18.6 Å². The fraction of sp³-hybridized carbons (Fsp3) is 0.350. The number of cyclic esters (lactones) is 1. The van der Waals surface area contributed by atoms with Crippen molar-refractivity contribution >= 4 is 18.0 Å². The molecule has 14 heteroatoms.